The molecular formula is C128H124N12O2. The Morgan fingerprint density at radius 2 is 0.479 bits per heavy atom. The van der Waals surface area contributed by atoms with Crippen LogP contribution in [0.4, 0.5) is 0 Å². The molecule has 2 spiro atoms. The number of nitrogens with zero attached hydrogens (tertiary/aromatic N) is 12. The van der Waals surface area contributed by atoms with E-state index in [1.165, 1.54) is 177 Å². The highest BCUT2D eigenvalue weighted by Crippen LogP contribution is 2.79. The summed E-state index contributed by atoms with van der Waals surface area (Å²) in [5, 5.41) is 39.8. The molecule has 708 valence electrons. The Bertz CT molecular complexity index is 7540. The van der Waals surface area contributed by atoms with Gasteiger partial charge in [0, 0.05) is 90.9 Å². The lowest BCUT2D eigenvalue weighted by atomic mass is 9.36. The third-order valence-corrected chi connectivity index (χ3v) is 33.3. The summed E-state index contributed by atoms with van der Waals surface area (Å²) in [6, 6.07) is 114. The van der Waals surface area contributed by atoms with Crippen molar-refractivity contribution >= 4 is 11.6 Å². The number of aromatic nitrogens is 12. The van der Waals surface area contributed by atoms with Gasteiger partial charge in [0.05, 0.1) is 0 Å². The van der Waals surface area contributed by atoms with Gasteiger partial charge in [-0.05, 0) is 271 Å². The number of hydrogen-bond acceptors (Lipinski definition) is 10. The minimum atomic E-state index is -0.242. The molecule has 0 atom stereocenters. The minimum absolute atomic E-state index is 0.0384. The van der Waals surface area contributed by atoms with Gasteiger partial charge in [-0.3, -0.25) is 27.9 Å². The Morgan fingerprint density at radius 1 is 0.261 bits per heavy atom. The lowest BCUT2D eigenvalue weighted by Crippen LogP contribution is -2.62. The molecule has 6 aliphatic rings. The van der Waals surface area contributed by atoms with Crippen LogP contribution in [0.5, 0.6) is 0 Å². The highest BCUT2D eigenvalue weighted by Gasteiger charge is 2.71. The molecule has 0 unspecified atom stereocenters. The van der Waals surface area contributed by atoms with Crippen LogP contribution in [0.25, 0.3) is 147 Å². The Balaban J connectivity index is 0.000000328. The van der Waals surface area contributed by atoms with Crippen molar-refractivity contribution in [1.29, 1.82) is 0 Å². The van der Waals surface area contributed by atoms with Crippen LogP contribution >= 0.6 is 0 Å². The summed E-state index contributed by atoms with van der Waals surface area (Å²) >= 11 is 0. The second kappa shape index (κ2) is 37.7. The first kappa shape index (κ1) is 92.3. The van der Waals surface area contributed by atoms with E-state index in [0.717, 1.165) is 138 Å². The fourth-order valence-electron chi connectivity index (χ4n) is 27.8. The van der Waals surface area contributed by atoms with E-state index in [-0.39, 0.29) is 44.1 Å². The molecule has 0 aliphatic heterocycles. The molecule has 23 rings (SSSR count). The largest absolute Gasteiger partial charge is 0.294 e. The van der Waals surface area contributed by atoms with Crippen LogP contribution in [-0.2, 0) is 33.3 Å². The monoisotopic (exact) mass is 1860 g/mol. The molecule has 0 radical (unpaired) electrons. The molecule has 4 saturated carbocycles. The second-order valence-corrected chi connectivity index (χ2v) is 41.6. The molecule has 0 amide bonds. The predicted molar refractivity (Wildman–Crippen MR) is 575 cm³/mol. The van der Waals surface area contributed by atoms with Crippen LogP contribution in [0.1, 0.15) is 214 Å². The van der Waals surface area contributed by atoms with Crippen LogP contribution in [-0.4, -0.2) is 70.6 Å². The van der Waals surface area contributed by atoms with Crippen molar-refractivity contribution in [3.05, 3.63) is 384 Å². The maximum absolute atomic E-state index is 12.6. The highest BCUT2D eigenvalue weighted by molar-refractivity contribution is 5.97. The summed E-state index contributed by atoms with van der Waals surface area (Å²) in [5.41, 5.74) is 31.8. The summed E-state index contributed by atoms with van der Waals surface area (Å²) in [6.07, 6.45) is 25.3. The predicted octanol–water partition coefficient (Wildman–Crippen LogP) is 31.1. The molecular weight excluding hydrogens is 1740 g/mol. The van der Waals surface area contributed by atoms with Crippen molar-refractivity contribution in [2.24, 2.45) is 21.7 Å². The Hall–Kier alpha value is -14.8. The van der Waals surface area contributed by atoms with Gasteiger partial charge in [-0.2, -0.15) is 0 Å². The summed E-state index contributed by atoms with van der Waals surface area (Å²) in [4.78, 5) is 24.6. The molecule has 17 aromatic rings. The van der Waals surface area contributed by atoms with Crippen molar-refractivity contribution in [3.63, 3.8) is 0 Å². The maximum Gasteiger partial charge on any atom is 0.168 e. The van der Waals surface area contributed by atoms with Crippen molar-refractivity contribution in [2.45, 2.75) is 207 Å². The van der Waals surface area contributed by atoms with Crippen LogP contribution in [0.3, 0.4) is 0 Å². The van der Waals surface area contributed by atoms with Crippen LogP contribution in [0, 0.1) is 35.5 Å². The molecule has 0 saturated heterocycles. The number of Topliss-reactive ketones (excluding diaryl/α,β-unsaturated/α-hetero) is 2. The van der Waals surface area contributed by atoms with Crippen molar-refractivity contribution < 1.29 is 9.59 Å². The zero-order valence-electron chi connectivity index (χ0n) is 83.2. The van der Waals surface area contributed by atoms with Crippen molar-refractivity contribution in [2.75, 3.05) is 0 Å². The van der Waals surface area contributed by atoms with Gasteiger partial charge in [0.1, 0.15) is 0 Å². The van der Waals surface area contributed by atoms with Gasteiger partial charge in [-0.25, -0.2) is 0 Å². The molecule has 0 N–H and O–H groups in total. The molecule has 142 heavy (non-hydrogen) atoms. The average Bonchev–Trinajstić information content (AvgIpc) is 1.47. The average molecular weight is 1860 g/mol. The maximum atomic E-state index is 12.6. The molecule has 4 bridgehead atoms. The number of allylic oxidation sites excluding steroid dienone is 2. The third-order valence-electron chi connectivity index (χ3n) is 33.3. The van der Waals surface area contributed by atoms with Crippen LogP contribution in [0.15, 0.2) is 340 Å². The van der Waals surface area contributed by atoms with Crippen LogP contribution < -0.4 is 0 Å². The number of carbonyl (C=O) groups is 2. The Kier molecular flexibility index (Phi) is 24.5. The Labute approximate surface area is 835 Å². The van der Waals surface area contributed by atoms with E-state index in [9.17, 15) is 9.59 Å². The minimum Gasteiger partial charge on any atom is -0.294 e. The normalized spacial score (nSPS) is 19.9. The molecule has 4 aromatic heterocycles. The first-order valence-corrected chi connectivity index (χ1v) is 51.8. The molecule has 13 aromatic carbocycles. The van der Waals surface area contributed by atoms with Gasteiger partial charge in [0.25, 0.3) is 0 Å². The van der Waals surface area contributed by atoms with Gasteiger partial charge in [0.15, 0.2) is 58.2 Å². The lowest BCUT2D eigenvalue weighted by molar-refractivity contribution is -0.115. The quantitative estimate of drug-likeness (QED) is 0.0454. The smallest absolute Gasteiger partial charge is 0.168 e. The fourth-order valence-corrected chi connectivity index (χ4v) is 27.8. The summed E-state index contributed by atoms with van der Waals surface area (Å²) in [5.74, 6) is 6.40. The van der Waals surface area contributed by atoms with Crippen molar-refractivity contribution in [1.82, 2.24) is 59.1 Å². The number of para-hydroxylation sites is 4. The SMILES string of the molecule is C=C(C)C(=O)Cc1ccc(-c2nnc(-c3ccc(-c4ccc5c(c4)C4(c6cc(-c7nnc(-c8ccc(-c9nnc(-c%10ccc%11c(c%10)C%10(c%12cc(C)ccc%12-%11)C%11(CCC)CCCC%10(CCC)CCC%11)n9-c9ccccc9)cc8)n7-c7ccccc7)ccc6-5)C5(CCC)CCCC4(CCC)CCC5)cc3)n2-c2ccccc2)cc1.C=C(C)C(=O)Cc1ccc(-c2nnc(-c3ccc(C)cc3)n2-c2ccccc2)cc1. The molecule has 14 nitrogen and oxygen atoms in total. The first-order chi connectivity index (χ1) is 69.4. The van der Waals surface area contributed by atoms with Gasteiger partial charge in [-0.1, -0.05) is 352 Å². The summed E-state index contributed by atoms with van der Waals surface area (Å²) in [7, 11) is 0. The first-order valence-electron chi connectivity index (χ1n) is 51.8. The number of benzene rings is 13. The van der Waals surface area contributed by atoms with E-state index in [1.807, 2.05) is 84.9 Å². The highest BCUT2D eigenvalue weighted by atomic mass is 16.1. The van der Waals surface area contributed by atoms with Gasteiger partial charge in [0.2, 0.25) is 0 Å². The van der Waals surface area contributed by atoms with Crippen LogP contribution in [0.2, 0.25) is 0 Å². The molecule has 4 heterocycles. The lowest BCUT2D eigenvalue weighted by Gasteiger charge is -2.67. The zero-order valence-corrected chi connectivity index (χ0v) is 83.2. The number of ketones is 2. The molecule has 14 heteroatoms. The number of fused-ring (bicyclic) bond motifs is 6. The number of aryl methyl sites for hydroxylation is 2. The fraction of sp³-hybridized carbons (Fsp3) is 0.281. The standard InChI is InChI=1S/C102H101N9O.C26H23N3O/c1-8-51-97-55-21-57-98(52-9-2,58-22-56-97)101(97)86-63-69(7)31-47-82(86)84-49-45-77(66-88(84)101)95-107-105-93(110(95)80-27-17-13-18-28-80)74-40-42-75(43-41-74)94-106-108-96(111(94)81-29-19-14-20-30-81)78-46-50-85-83-48-44-76(65-87(83)102(89(85)67-78)99(53-10-3)59-23-61-100(102,54-11-4)62-24-60-99)71-36-38-73(39-37-71)92-104-103-91(109(92)79-25-15-12-16-26-79)72-34-32-70(33-35-72)64-90(112)68(5)6;1-18(2)24(30)17-20-11-15-22(16-12-20)26-28-27-25(21-13-9-19(3)10-14-21)29(26)23-7-5-4-6-8-23/h12-20,25-50,63,65-67H,5,8-11,21-24,51-62,64H2,1-4,6-7H3;4-16H,1,17H2,2-3H3. The summed E-state index contributed by atoms with van der Waals surface area (Å²) < 4.78 is 8.82. The Morgan fingerprint density at radius 3 is 0.754 bits per heavy atom. The molecule has 4 fully saturated rings. The van der Waals surface area contributed by atoms with Gasteiger partial charge in [-0.15, -0.1) is 40.8 Å². The van der Waals surface area contributed by atoms with E-state index in [4.69, 9.17) is 30.6 Å². The van der Waals surface area contributed by atoms with E-state index < -0.39 is 0 Å². The number of carbonyl (C=O) groups excluding carboxylic acids is 2. The third kappa shape index (κ3) is 15.3. The van der Waals surface area contributed by atoms with Gasteiger partial charge < -0.3 is 0 Å². The number of hydrogen-bond donors (Lipinski definition) is 0. The van der Waals surface area contributed by atoms with E-state index in [1.54, 1.807) is 19.4 Å². The number of rotatable bonds is 27. The summed E-state index contributed by atoms with van der Waals surface area (Å²) in [6.45, 7) is 25.2. The van der Waals surface area contributed by atoms with E-state index in [2.05, 4.69) is 314 Å². The van der Waals surface area contributed by atoms with E-state index in [0.29, 0.717) is 24.0 Å². The van der Waals surface area contributed by atoms with E-state index >= 15 is 0 Å². The second-order valence-electron chi connectivity index (χ2n) is 41.6. The molecule has 6 aliphatic carbocycles. The van der Waals surface area contributed by atoms with Crippen molar-refractivity contribution in [3.8, 4) is 147 Å². The van der Waals surface area contributed by atoms with Gasteiger partial charge >= 0.3 is 0 Å². The topological polar surface area (TPSA) is 157 Å². The zero-order chi connectivity index (χ0) is 97.2.